The van der Waals surface area contributed by atoms with Crippen LogP contribution in [0.4, 0.5) is 11.4 Å². The lowest BCUT2D eigenvalue weighted by molar-refractivity contribution is -0.125. The Bertz CT molecular complexity index is 404. The number of carbonyl (C=O) groups is 1. The summed E-state index contributed by atoms with van der Waals surface area (Å²) in [7, 11) is 0. The second-order valence-corrected chi connectivity index (χ2v) is 3.83. The van der Waals surface area contributed by atoms with E-state index in [2.05, 4.69) is 6.92 Å². The Balaban J connectivity index is 2.29. The fourth-order valence-corrected chi connectivity index (χ4v) is 1.86. The zero-order chi connectivity index (χ0) is 11.5. The van der Waals surface area contributed by atoms with Crippen molar-refractivity contribution in [2.75, 3.05) is 30.4 Å². The Kier molecular flexibility index (Phi) is 3.10. The summed E-state index contributed by atoms with van der Waals surface area (Å²) in [5.41, 5.74) is 8.62. The molecule has 2 rings (SSSR count). The van der Waals surface area contributed by atoms with Gasteiger partial charge in [0.15, 0.2) is 0 Å². The Morgan fingerprint density at radius 2 is 2.31 bits per heavy atom. The largest absolute Gasteiger partial charge is 0.399 e. The quantitative estimate of drug-likeness (QED) is 0.762. The number of carbonyl (C=O) groups excluding carboxylic acids is 1. The molecule has 1 fully saturated rings. The summed E-state index contributed by atoms with van der Waals surface area (Å²) in [5.74, 6) is 0.0121. The average molecular weight is 220 g/mol. The predicted octanol–water partition coefficient (Wildman–Crippen LogP) is 1.19. The van der Waals surface area contributed by atoms with Gasteiger partial charge >= 0.3 is 0 Å². The molecule has 0 aliphatic carbocycles. The first-order valence-electron chi connectivity index (χ1n) is 5.49. The van der Waals surface area contributed by atoms with E-state index in [0.29, 0.717) is 13.2 Å². The first-order chi connectivity index (χ1) is 7.72. The van der Waals surface area contributed by atoms with Gasteiger partial charge in [-0.05, 0) is 30.2 Å². The van der Waals surface area contributed by atoms with E-state index in [9.17, 15) is 4.79 Å². The van der Waals surface area contributed by atoms with E-state index < -0.39 is 0 Å². The molecule has 0 radical (unpaired) electrons. The summed E-state index contributed by atoms with van der Waals surface area (Å²) in [6.45, 7) is 3.44. The van der Waals surface area contributed by atoms with Gasteiger partial charge in [-0.2, -0.15) is 0 Å². The normalized spacial score (nSPS) is 16.6. The molecule has 1 aliphatic rings. The van der Waals surface area contributed by atoms with Crippen LogP contribution in [0.3, 0.4) is 0 Å². The van der Waals surface area contributed by atoms with Crippen LogP contribution < -0.4 is 10.6 Å². The molecule has 1 aromatic rings. The number of rotatable bonds is 2. The van der Waals surface area contributed by atoms with Crippen LogP contribution in [0.15, 0.2) is 18.2 Å². The third kappa shape index (κ3) is 2.02. The standard InChI is InChI=1S/C12H16N2O2/c1-2-9-7-10(3-4-11(9)13)14-5-6-16-8-12(14)15/h3-4,7H,2,5-6,8,13H2,1H3. The minimum absolute atomic E-state index is 0.0121. The molecule has 4 nitrogen and oxygen atoms in total. The molecule has 0 atom stereocenters. The zero-order valence-electron chi connectivity index (χ0n) is 9.40. The fraction of sp³-hybridized carbons (Fsp3) is 0.417. The molecule has 1 heterocycles. The van der Waals surface area contributed by atoms with Crippen LogP contribution in [0.2, 0.25) is 0 Å². The van der Waals surface area contributed by atoms with Gasteiger partial charge in [-0.3, -0.25) is 4.79 Å². The molecule has 4 heteroatoms. The third-order valence-corrected chi connectivity index (χ3v) is 2.80. The molecular formula is C12H16N2O2. The number of benzene rings is 1. The minimum Gasteiger partial charge on any atom is -0.399 e. The molecule has 0 bridgehead atoms. The van der Waals surface area contributed by atoms with Crippen molar-refractivity contribution in [2.45, 2.75) is 13.3 Å². The van der Waals surface area contributed by atoms with Crippen LogP contribution in [0, 0.1) is 0 Å². The number of ether oxygens (including phenoxy) is 1. The van der Waals surface area contributed by atoms with Gasteiger partial charge in [-0.25, -0.2) is 0 Å². The molecule has 16 heavy (non-hydrogen) atoms. The van der Waals surface area contributed by atoms with Gasteiger partial charge in [0.05, 0.1) is 6.61 Å². The summed E-state index contributed by atoms with van der Waals surface area (Å²) in [5, 5.41) is 0. The molecule has 0 saturated carbocycles. The topological polar surface area (TPSA) is 55.6 Å². The second-order valence-electron chi connectivity index (χ2n) is 3.83. The molecule has 1 saturated heterocycles. The molecule has 2 N–H and O–H groups in total. The Morgan fingerprint density at radius 1 is 1.50 bits per heavy atom. The summed E-state index contributed by atoms with van der Waals surface area (Å²) >= 11 is 0. The van der Waals surface area contributed by atoms with Gasteiger partial charge in [-0.15, -0.1) is 0 Å². The van der Waals surface area contributed by atoms with Crippen LogP contribution in [-0.2, 0) is 16.0 Å². The van der Waals surface area contributed by atoms with E-state index >= 15 is 0 Å². The van der Waals surface area contributed by atoms with Gasteiger partial charge in [0.2, 0.25) is 0 Å². The fourth-order valence-electron chi connectivity index (χ4n) is 1.86. The maximum absolute atomic E-state index is 11.6. The van der Waals surface area contributed by atoms with Crippen molar-refractivity contribution in [3.63, 3.8) is 0 Å². The van der Waals surface area contributed by atoms with Gasteiger partial charge in [0.1, 0.15) is 6.61 Å². The lowest BCUT2D eigenvalue weighted by Crippen LogP contribution is -2.41. The zero-order valence-corrected chi connectivity index (χ0v) is 9.40. The molecule has 0 spiro atoms. The Morgan fingerprint density at radius 3 is 3.00 bits per heavy atom. The first-order valence-corrected chi connectivity index (χ1v) is 5.49. The lowest BCUT2D eigenvalue weighted by atomic mass is 10.1. The summed E-state index contributed by atoms with van der Waals surface area (Å²) < 4.78 is 5.10. The average Bonchev–Trinajstić information content (AvgIpc) is 2.31. The van der Waals surface area contributed by atoms with Crippen molar-refractivity contribution in [1.29, 1.82) is 0 Å². The first kappa shape index (κ1) is 11.0. The van der Waals surface area contributed by atoms with Crippen molar-refractivity contribution in [3.05, 3.63) is 23.8 Å². The number of amides is 1. The number of hydrogen-bond acceptors (Lipinski definition) is 3. The second kappa shape index (κ2) is 4.53. The molecule has 1 aromatic carbocycles. The smallest absolute Gasteiger partial charge is 0.253 e. The maximum Gasteiger partial charge on any atom is 0.253 e. The van der Waals surface area contributed by atoms with Crippen LogP contribution in [0.5, 0.6) is 0 Å². The van der Waals surface area contributed by atoms with E-state index in [1.807, 2.05) is 18.2 Å². The van der Waals surface area contributed by atoms with Crippen molar-refractivity contribution in [3.8, 4) is 0 Å². The monoisotopic (exact) mass is 220 g/mol. The SMILES string of the molecule is CCc1cc(N2CCOCC2=O)ccc1N. The molecule has 1 amide bonds. The number of anilines is 2. The highest BCUT2D eigenvalue weighted by molar-refractivity contribution is 5.95. The third-order valence-electron chi connectivity index (χ3n) is 2.80. The summed E-state index contributed by atoms with van der Waals surface area (Å²) in [6, 6.07) is 5.73. The van der Waals surface area contributed by atoms with Crippen LogP contribution in [0.1, 0.15) is 12.5 Å². The van der Waals surface area contributed by atoms with Gasteiger partial charge < -0.3 is 15.4 Å². The van der Waals surface area contributed by atoms with Crippen LogP contribution >= 0.6 is 0 Å². The number of hydrogen-bond donors (Lipinski definition) is 1. The number of nitrogens with zero attached hydrogens (tertiary/aromatic N) is 1. The van der Waals surface area contributed by atoms with Crippen molar-refractivity contribution in [1.82, 2.24) is 0 Å². The number of morpholine rings is 1. The number of nitrogens with two attached hydrogens (primary N) is 1. The van der Waals surface area contributed by atoms with Gasteiger partial charge in [-0.1, -0.05) is 6.92 Å². The van der Waals surface area contributed by atoms with Crippen molar-refractivity contribution in [2.24, 2.45) is 0 Å². The Hall–Kier alpha value is -1.55. The Labute approximate surface area is 95.0 Å². The molecule has 0 unspecified atom stereocenters. The van der Waals surface area contributed by atoms with E-state index in [4.69, 9.17) is 10.5 Å². The summed E-state index contributed by atoms with van der Waals surface area (Å²) in [6.07, 6.45) is 0.873. The van der Waals surface area contributed by atoms with Gasteiger partial charge in [0.25, 0.3) is 5.91 Å². The molecule has 86 valence electrons. The maximum atomic E-state index is 11.6. The van der Waals surface area contributed by atoms with E-state index in [1.165, 1.54) is 0 Å². The van der Waals surface area contributed by atoms with Crippen LogP contribution in [-0.4, -0.2) is 25.7 Å². The van der Waals surface area contributed by atoms with E-state index in [1.54, 1.807) is 4.90 Å². The highest BCUT2D eigenvalue weighted by Gasteiger charge is 2.20. The summed E-state index contributed by atoms with van der Waals surface area (Å²) in [4.78, 5) is 13.4. The number of aryl methyl sites for hydroxylation is 1. The molecule has 0 aromatic heterocycles. The number of nitrogen functional groups attached to an aromatic ring is 1. The molecule has 1 aliphatic heterocycles. The van der Waals surface area contributed by atoms with E-state index in [0.717, 1.165) is 23.4 Å². The molecular weight excluding hydrogens is 204 g/mol. The van der Waals surface area contributed by atoms with E-state index in [-0.39, 0.29) is 12.5 Å². The van der Waals surface area contributed by atoms with Crippen molar-refractivity contribution >= 4 is 17.3 Å². The van der Waals surface area contributed by atoms with Crippen LogP contribution in [0.25, 0.3) is 0 Å². The highest BCUT2D eigenvalue weighted by atomic mass is 16.5. The minimum atomic E-state index is 0.0121. The highest BCUT2D eigenvalue weighted by Crippen LogP contribution is 2.22. The van der Waals surface area contributed by atoms with Gasteiger partial charge in [0, 0.05) is 17.9 Å². The van der Waals surface area contributed by atoms with Crippen molar-refractivity contribution < 1.29 is 9.53 Å². The lowest BCUT2D eigenvalue weighted by Gasteiger charge is -2.27. The predicted molar refractivity (Wildman–Crippen MR) is 63.4 cm³/mol.